The van der Waals surface area contributed by atoms with Crippen LogP contribution in [0.1, 0.15) is 5.82 Å². The molecule has 0 amide bonds. The summed E-state index contributed by atoms with van der Waals surface area (Å²) in [6.07, 6.45) is 0.845. The summed E-state index contributed by atoms with van der Waals surface area (Å²) in [5, 5.41) is 8.86. The van der Waals surface area contributed by atoms with Crippen molar-refractivity contribution in [2.45, 2.75) is 6.42 Å². The van der Waals surface area contributed by atoms with Crippen LogP contribution in [0.25, 0.3) is 5.65 Å². The maximum Gasteiger partial charge on any atom is 0.161 e. The van der Waals surface area contributed by atoms with Gasteiger partial charge in [-0.2, -0.15) is 0 Å². The summed E-state index contributed by atoms with van der Waals surface area (Å²) in [5.74, 6) is 0.907. The molecule has 0 N–H and O–H groups in total. The van der Waals surface area contributed by atoms with Crippen molar-refractivity contribution in [2.75, 3.05) is 20.6 Å². The van der Waals surface area contributed by atoms with E-state index in [1.807, 2.05) is 36.7 Å². The normalized spacial score (nSPS) is 11.5. The van der Waals surface area contributed by atoms with Gasteiger partial charge in [-0.15, -0.1) is 10.2 Å². The topological polar surface area (TPSA) is 33.4 Å². The van der Waals surface area contributed by atoms with Crippen LogP contribution in [0.2, 0.25) is 5.15 Å². The molecule has 0 bridgehead atoms. The van der Waals surface area contributed by atoms with Gasteiger partial charge in [0.2, 0.25) is 0 Å². The van der Waals surface area contributed by atoms with E-state index >= 15 is 0 Å². The van der Waals surface area contributed by atoms with Crippen molar-refractivity contribution < 1.29 is 0 Å². The number of hydrogen-bond donors (Lipinski definition) is 0. The summed E-state index contributed by atoms with van der Waals surface area (Å²) in [5.41, 5.74) is 0.802. The van der Waals surface area contributed by atoms with Crippen molar-refractivity contribution in [2.24, 2.45) is 0 Å². The molecule has 0 atom stereocenters. The number of rotatable bonds is 3. The lowest BCUT2D eigenvalue weighted by Gasteiger charge is -2.08. The van der Waals surface area contributed by atoms with E-state index < -0.39 is 0 Å². The Morgan fingerprint density at radius 3 is 2.87 bits per heavy atom. The van der Waals surface area contributed by atoms with Crippen molar-refractivity contribution in [3.63, 3.8) is 0 Å². The molecular weight excluding hydrogens is 212 g/mol. The first-order chi connectivity index (χ1) is 7.18. The number of aromatic nitrogens is 3. The lowest BCUT2D eigenvalue weighted by molar-refractivity contribution is 0.409. The molecule has 15 heavy (non-hydrogen) atoms. The molecule has 2 aromatic rings. The van der Waals surface area contributed by atoms with Gasteiger partial charge in [-0.05, 0) is 26.2 Å². The molecule has 5 heteroatoms. The molecule has 80 valence electrons. The predicted octanol–water partition coefficient (Wildman–Crippen LogP) is 1.49. The fourth-order valence-electron chi connectivity index (χ4n) is 1.44. The second-order valence-corrected chi connectivity index (χ2v) is 4.10. The largest absolute Gasteiger partial charge is 0.309 e. The van der Waals surface area contributed by atoms with Gasteiger partial charge in [0.15, 0.2) is 5.65 Å². The SMILES string of the molecule is CN(C)CCc1nnc2cccc(Cl)n12. The highest BCUT2D eigenvalue weighted by Crippen LogP contribution is 2.13. The summed E-state index contributed by atoms with van der Waals surface area (Å²) in [6, 6.07) is 5.62. The van der Waals surface area contributed by atoms with E-state index in [-0.39, 0.29) is 0 Å². The van der Waals surface area contributed by atoms with Crippen molar-refractivity contribution in [1.82, 2.24) is 19.5 Å². The summed E-state index contributed by atoms with van der Waals surface area (Å²) < 4.78 is 1.88. The number of fused-ring (bicyclic) bond motifs is 1. The van der Waals surface area contributed by atoms with Gasteiger partial charge >= 0.3 is 0 Å². The zero-order valence-electron chi connectivity index (χ0n) is 8.81. The zero-order valence-corrected chi connectivity index (χ0v) is 9.57. The summed E-state index contributed by atoms with van der Waals surface area (Å²) >= 11 is 6.09. The van der Waals surface area contributed by atoms with Crippen molar-refractivity contribution in [3.05, 3.63) is 29.2 Å². The zero-order chi connectivity index (χ0) is 10.8. The molecule has 4 nitrogen and oxygen atoms in total. The minimum Gasteiger partial charge on any atom is -0.309 e. The maximum absolute atomic E-state index is 6.09. The lowest BCUT2D eigenvalue weighted by atomic mass is 10.4. The van der Waals surface area contributed by atoms with Crippen molar-refractivity contribution >= 4 is 17.2 Å². The number of pyridine rings is 1. The third-order valence-electron chi connectivity index (χ3n) is 2.23. The van der Waals surface area contributed by atoms with Gasteiger partial charge in [0.1, 0.15) is 11.0 Å². The minimum atomic E-state index is 0.659. The van der Waals surface area contributed by atoms with Gasteiger partial charge in [0.05, 0.1) is 0 Å². The van der Waals surface area contributed by atoms with Gasteiger partial charge in [0.25, 0.3) is 0 Å². The Morgan fingerprint density at radius 2 is 2.13 bits per heavy atom. The maximum atomic E-state index is 6.09. The second kappa shape index (κ2) is 4.16. The summed E-state index contributed by atoms with van der Waals surface area (Å²) in [7, 11) is 4.07. The summed E-state index contributed by atoms with van der Waals surface area (Å²) in [4.78, 5) is 2.11. The van der Waals surface area contributed by atoms with Crippen LogP contribution in [0.4, 0.5) is 0 Å². The smallest absolute Gasteiger partial charge is 0.161 e. The Labute approximate surface area is 93.5 Å². The monoisotopic (exact) mass is 224 g/mol. The average molecular weight is 225 g/mol. The van der Waals surface area contributed by atoms with Crippen LogP contribution >= 0.6 is 11.6 Å². The number of nitrogens with zero attached hydrogens (tertiary/aromatic N) is 4. The van der Waals surface area contributed by atoms with Crippen LogP contribution < -0.4 is 0 Å². The lowest BCUT2D eigenvalue weighted by Crippen LogP contribution is -2.16. The first-order valence-electron chi connectivity index (χ1n) is 4.82. The quantitative estimate of drug-likeness (QED) is 0.741. The van der Waals surface area contributed by atoms with Crippen LogP contribution in [0.5, 0.6) is 0 Å². The van der Waals surface area contributed by atoms with E-state index in [0.29, 0.717) is 5.15 Å². The van der Waals surface area contributed by atoms with Gasteiger partial charge in [-0.3, -0.25) is 4.40 Å². The summed E-state index contributed by atoms with van der Waals surface area (Å²) in [6.45, 7) is 0.937. The van der Waals surface area contributed by atoms with Crippen molar-refractivity contribution in [1.29, 1.82) is 0 Å². The van der Waals surface area contributed by atoms with Gasteiger partial charge in [-0.25, -0.2) is 0 Å². The van der Waals surface area contributed by atoms with Crippen LogP contribution in [0.3, 0.4) is 0 Å². The Bertz CT molecular complexity index is 463. The van der Waals surface area contributed by atoms with Crippen LogP contribution in [-0.4, -0.2) is 40.1 Å². The average Bonchev–Trinajstić information content (AvgIpc) is 2.59. The third kappa shape index (κ3) is 2.11. The van der Waals surface area contributed by atoms with E-state index in [0.717, 1.165) is 24.4 Å². The molecule has 0 radical (unpaired) electrons. The second-order valence-electron chi connectivity index (χ2n) is 3.71. The standard InChI is InChI=1S/C10H13ClN4/c1-14(2)7-6-10-13-12-9-5-3-4-8(11)15(9)10/h3-5H,6-7H2,1-2H3. The molecule has 2 heterocycles. The third-order valence-corrected chi connectivity index (χ3v) is 2.53. The minimum absolute atomic E-state index is 0.659. The highest BCUT2D eigenvalue weighted by molar-refractivity contribution is 6.29. The predicted molar refractivity (Wildman–Crippen MR) is 60.3 cm³/mol. The first kappa shape index (κ1) is 10.4. The van der Waals surface area contributed by atoms with Crippen LogP contribution in [0, 0.1) is 0 Å². The van der Waals surface area contributed by atoms with E-state index in [2.05, 4.69) is 15.1 Å². The molecule has 0 aliphatic carbocycles. The first-order valence-corrected chi connectivity index (χ1v) is 5.19. The Hall–Kier alpha value is -1.13. The molecule has 0 saturated carbocycles. The molecule has 0 fully saturated rings. The molecule has 0 aliphatic heterocycles. The van der Waals surface area contributed by atoms with E-state index in [1.165, 1.54) is 0 Å². The van der Waals surface area contributed by atoms with Crippen LogP contribution in [-0.2, 0) is 6.42 Å². The van der Waals surface area contributed by atoms with Gasteiger partial charge in [0, 0.05) is 13.0 Å². The molecule has 0 aromatic carbocycles. The van der Waals surface area contributed by atoms with Crippen molar-refractivity contribution in [3.8, 4) is 0 Å². The highest BCUT2D eigenvalue weighted by atomic mass is 35.5. The molecule has 0 spiro atoms. The number of hydrogen-bond acceptors (Lipinski definition) is 3. The van der Waals surface area contributed by atoms with Gasteiger partial charge < -0.3 is 4.90 Å². The molecule has 2 aromatic heterocycles. The Balaban J connectivity index is 2.35. The van der Waals surface area contributed by atoms with E-state index in [4.69, 9.17) is 11.6 Å². The van der Waals surface area contributed by atoms with Crippen LogP contribution in [0.15, 0.2) is 18.2 Å². The molecule has 0 unspecified atom stereocenters. The molecule has 0 aliphatic rings. The van der Waals surface area contributed by atoms with E-state index in [1.54, 1.807) is 0 Å². The number of halogens is 1. The fourth-order valence-corrected chi connectivity index (χ4v) is 1.70. The fraction of sp³-hybridized carbons (Fsp3) is 0.400. The Morgan fingerprint density at radius 1 is 1.33 bits per heavy atom. The van der Waals surface area contributed by atoms with E-state index in [9.17, 15) is 0 Å². The Kier molecular flexibility index (Phi) is 2.88. The highest BCUT2D eigenvalue weighted by Gasteiger charge is 2.07. The van der Waals surface area contributed by atoms with Gasteiger partial charge in [-0.1, -0.05) is 17.7 Å². The number of likely N-dealkylation sites (N-methyl/N-ethyl adjacent to an activating group) is 1. The molecular formula is C10H13ClN4. The molecule has 0 saturated heterocycles. The molecule has 2 rings (SSSR count).